The number of carboxylic acid groups (broad SMARTS) is 1. The molecule has 1 amide bonds. The van der Waals surface area contributed by atoms with Crippen molar-refractivity contribution >= 4 is 39.1 Å². The Morgan fingerprint density at radius 3 is 2.84 bits per heavy atom. The molecule has 1 aromatic rings. The van der Waals surface area contributed by atoms with E-state index >= 15 is 0 Å². The van der Waals surface area contributed by atoms with Crippen molar-refractivity contribution in [2.45, 2.75) is 32.2 Å². The van der Waals surface area contributed by atoms with E-state index in [4.69, 9.17) is 0 Å². The Morgan fingerprint density at radius 2 is 2.32 bits per heavy atom. The average molecular weight is 346 g/mol. The fourth-order valence-electron chi connectivity index (χ4n) is 2.46. The van der Waals surface area contributed by atoms with Gasteiger partial charge in [0.25, 0.3) is 5.91 Å². The van der Waals surface area contributed by atoms with Gasteiger partial charge in [0.1, 0.15) is 10.9 Å². The first-order chi connectivity index (χ1) is 9.04. The lowest BCUT2D eigenvalue weighted by Gasteiger charge is -2.36. The molecule has 0 bridgehead atoms. The highest BCUT2D eigenvalue weighted by molar-refractivity contribution is 9.10. The zero-order chi connectivity index (χ0) is 14.0. The molecule has 6 heteroatoms. The van der Waals surface area contributed by atoms with Gasteiger partial charge in [0, 0.05) is 11.0 Å². The van der Waals surface area contributed by atoms with Crippen molar-refractivity contribution in [1.29, 1.82) is 0 Å². The van der Waals surface area contributed by atoms with Crippen LogP contribution in [0.2, 0.25) is 0 Å². The first-order valence-corrected chi connectivity index (χ1v) is 7.98. The van der Waals surface area contributed by atoms with Gasteiger partial charge in [0.15, 0.2) is 0 Å². The quantitative estimate of drug-likeness (QED) is 0.914. The maximum Gasteiger partial charge on any atom is 0.326 e. The molecule has 1 aliphatic rings. The molecule has 104 valence electrons. The lowest BCUT2D eigenvalue weighted by atomic mass is 9.89. The van der Waals surface area contributed by atoms with Crippen molar-refractivity contribution < 1.29 is 14.7 Å². The third-order valence-corrected chi connectivity index (χ3v) is 5.47. The highest BCUT2D eigenvalue weighted by Crippen LogP contribution is 2.30. The van der Waals surface area contributed by atoms with E-state index in [-0.39, 0.29) is 5.91 Å². The van der Waals surface area contributed by atoms with Crippen molar-refractivity contribution in [3.05, 3.63) is 20.8 Å². The largest absolute Gasteiger partial charge is 0.480 e. The molecule has 1 aliphatic heterocycles. The number of hydrogen-bond donors (Lipinski definition) is 1. The average Bonchev–Trinajstić information content (AvgIpc) is 2.83. The normalized spacial score (nSPS) is 23.4. The van der Waals surface area contributed by atoms with Crippen LogP contribution in [0, 0.1) is 5.92 Å². The SMILES string of the molecule is CCC1CCN(C(=O)c2sccc2Br)C(C(=O)O)C1. The van der Waals surface area contributed by atoms with Gasteiger partial charge in [-0.2, -0.15) is 0 Å². The number of thiophene rings is 1. The van der Waals surface area contributed by atoms with Crippen molar-refractivity contribution in [2.75, 3.05) is 6.54 Å². The molecule has 2 unspecified atom stereocenters. The fraction of sp³-hybridized carbons (Fsp3) is 0.538. The first-order valence-electron chi connectivity index (χ1n) is 6.31. The van der Waals surface area contributed by atoms with Crippen molar-refractivity contribution in [2.24, 2.45) is 5.92 Å². The maximum atomic E-state index is 12.4. The number of likely N-dealkylation sites (tertiary alicyclic amines) is 1. The number of rotatable bonds is 3. The fourth-order valence-corrected chi connectivity index (χ4v) is 3.96. The summed E-state index contributed by atoms with van der Waals surface area (Å²) in [6.45, 7) is 2.59. The molecule has 1 saturated heterocycles. The summed E-state index contributed by atoms with van der Waals surface area (Å²) in [4.78, 5) is 25.9. The smallest absolute Gasteiger partial charge is 0.326 e. The second-order valence-corrected chi connectivity index (χ2v) is 6.52. The zero-order valence-corrected chi connectivity index (χ0v) is 13.0. The second-order valence-electron chi connectivity index (χ2n) is 4.75. The van der Waals surface area contributed by atoms with Gasteiger partial charge >= 0.3 is 5.97 Å². The van der Waals surface area contributed by atoms with Crippen LogP contribution in [0.4, 0.5) is 0 Å². The molecule has 19 heavy (non-hydrogen) atoms. The van der Waals surface area contributed by atoms with Gasteiger partial charge in [-0.05, 0) is 46.1 Å². The monoisotopic (exact) mass is 345 g/mol. The Bertz CT molecular complexity index is 488. The van der Waals surface area contributed by atoms with E-state index in [1.165, 1.54) is 16.2 Å². The summed E-state index contributed by atoms with van der Waals surface area (Å²) < 4.78 is 0.740. The van der Waals surface area contributed by atoms with E-state index in [1.807, 2.05) is 11.4 Å². The molecule has 4 nitrogen and oxygen atoms in total. The number of hydrogen-bond acceptors (Lipinski definition) is 3. The molecule has 2 rings (SSSR count). The molecule has 0 spiro atoms. The van der Waals surface area contributed by atoms with Crippen LogP contribution in [0.25, 0.3) is 0 Å². The Hall–Kier alpha value is -0.880. The van der Waals surface area contributed by atoms with E-state index in [0.717, 1.165) is 17.3 Å². The lowest BCUT2D eigenvalue weighted by molar-refractivity contribution is -0.144. The zero-order valence-electron chi connectivity index (χ0n) is 10.6. The molecule has 0 radical (unpaired) electrons. The van der Waals surface area contributed by atoms with Crippen LogP contribution in [-0.4, -0.2) is 34.5 Å². The predicted octanol–water partition coefficient (Wildman–Crippen LogP) is 3.23. The molecule has 2 heterocycles. The third kappa shape index (κ3) is 3.00. The van der Waals surface area contributed by atoms with E-state index in [9.17, 15) is 14.7 Å². The molecular formula is C13H16BrNO3S. The minimum Gasteiger partial charge on any atom is -0.480 e. The van der Waals surface area contributed by atoms with E-state index in [1.54, 1.807) is 0 Å². The van der Waals surface area contributed by atoms with Crippen LogP contribution in [-0.2, 0) is 4.79 Å². The minimum absolute atomic E-state index is 0.177. The van der Waals surface area contributed by atoms with Gasteiger partial charge in [0.2, 0.25) is 0 Å². The van der Waals surface area contributed by atoms with E-state index in [0.29, 0.717) is 23.8 Å². The number of carboxylic acids is 1. The standard InChI is InChI=1S/C13H16BrNO3S/c1-2-8-3-5-15(10(7-8)13(17)18)12(16)11-9(14)4-6-19-11/h4,6,8,10H,2-3,5,7H2,1H3,(H,17,18). The highest BCUT2D eigenvalue weighted by Gasteiger charge is 2.36. The number of carbonyl (C=O) groups is 2. The van der Waals surface area contributed by atoms with Gasteiger partial charge in [0.05, 0.1) is 0 Å². The summed E-state index contributed by atoms with van der Waals surface area (Å²) in [6, 6.07) is 1.12. The molecule has 1 aromatic heterocycles. The summed E-state index contributed by atoms with van der Waals surface area (Å²) in [5, 5.41) is 11.2. The number of aliphatic carboxylic acids is 1. The highest BCUT2D eigenvalue weighted by atomic mass is 79.9. The van der Waals surface area contributed by atoms with Crippen LogP contribution < -0.4 is 0 Å². The number of nitrogens with zero attached hydrogens (tertiary/aromatic N) is 1. The summed E-state index contributed by atoms with van der Waals surface area (Å²) in [5.41, 5.74) is 0. The minimum atomic E-state index is -0.904. The molecule has 1 N–H and O–H groups in total. The van der Waals surface area contributed by atoms with Crippen molar-refractivity contribution in [3.8, 4) is 0 Å². The summed E-state index contributed by atoms with van der Waals surface area (Å²) in [6.07, 6.45) is 2.41. The Balaban J connectivity index is 2.20. The molecule has 0 aliphatic carbocycles. The number of piperidine rings is 1. The molecule has 0 aromatic carbocycles. The van der Waals surface area contributed by atoms with Gasteiger partial charge in [-0.1, -0.05) is 13.3 Å². The second kappa shape index (κ2) is 6.05. The van der Waals surface area contributed by atoms with Crippen LogP contribution in [0.15, 0.2) is 15.9 Å². The maximum absolute atomic E-state index is 12.4. The lowest BCUT2D eigenvalue weighted by Crippen LogP contribution is -2.50. The molecule has 1 fully saturated rings. The predicted molar refractivity (Wildman–Crippen MR) is 77.5 cm³/mol. The molecular weight excluding hydrogens is 330 g/mol. The van der Waals surface area contributed by atoms with Gasteiger partial charge in [-0.15, -0.1) is 11.3 Å². The summed E-state index contributed by atoms with van der Waals surface area (Å²) in [5.74, 6) is -0.681. The van der Waals surface area contributed by atoms with Gasteiger partial charge < -0.3 is 10.0 Å². The van der Waals surface area contributed by atoms with Crippen LogP contribution in [0.5, 0.6) is 0 Å². The van der Waals surface area contributed by atoms with Gasteiger partial charge in [-0.3, -0.25) is 4.79 Å². The third-order valence-electron chi connectivity index (χ3n) is 3.65. The van der Waals surface area contributed by atoms with E-state index in [2.05, 4.69) is 22.9 Å². The molecule has 0 saturated carbocycles. The van der Waals surface area contributed by atoms with E-state index < -0.39 is 12.0 Å². The van der Waals surface area contributed by atoms with Crippen LogP contribution in [0.3, 0.4) is 0 Å². The Morgan fingerprint density at radius 1 is 1.58 bits per heavy atom. The van der Waals surface area contributed by atoms with Crippen LogP contribution >= 0.6 is 27.3 Å². The van der Waals surface area contributed by atoms with Crippen LogP contribution in [0.1, 0.15) is 35.9 Å². The number of halogens is 1. The van der Waals surface area contributed by atoms with Crippen molar-refractivity contribution in [3.63, 3.8) is 0 Å². The molecule has 2 atom stereocenters. The first kappa shape index (κ1) is 14.5. The van der Waals surface area contributed by atoms with Gasteiger partial charge in [-0.25, -0.2) is 4.79 Å². The number of amides is 1. The number of carbonyl (C=O) groups excluding carboxylic acids is 1. The summed E-state index contributed by atoms with van der Waals surface area (Å²) >= 11 is 4.67. The summed E-state index contributed by atoms with van der Waals surface area (Å²) in [7, 11) is 0. The van der Waals surface area contributed by atoms with Crippen molar-refractivity contribution in [1.82, 2.24) is 4.90 Å². The Labute approximate surface area is 124 Å². The topological polar surface area (TPSA) is 57.6 Å². The Kier molecular flexibility index (Phi) is 4.62.